The van der Waals surface area contributed by atoms with Crippen LogP contribution in [-0.2, 0) is 0 Å². The Labute approximate surface area is 378 Å². The summed E-state index contributed by atoms with van der Waals surface area (Å²) in [6, 6.07) is 94.5. The first kappa shape index (κ1) is 38.0. The van der Waals surface area contributed by atoms with Gasteiger partial charge in [-0.3, -0.25) is 0 Å². The number of rotatable bonds is 9. The van der Waals surface area contributed by atoms with Crippen LogP contribution in [0.5, 0.6) is 0 Å². The van der Waals surface area contributed by atoms with Gasteiger partial charge in [0.25, 0.3) is 0 Å². The maximum absolute atomic E-state index is 2.42. The van der Waals surface area contributed by atoms with Gasteiger partial charge in [-0.25, -0.2) is 0 Å². The van der Waals surface area contributed by atoms with Crippen LogP contribution in [-0.4, -0.2) is 4.57 Å². The van der Waals surface area contributed by atoms with Gasteiger partial charge < -0.3 is 14.4 Å². The van der Waals surface area contributed by atoms with Gasteiger partial charge in [-0.15, -0.1) is 0 Å². The first-order chi connectivity index (χ1) is 32.2. The van der Waals surface area contributed by atoms with Crippen molar-refractivity contribution in [2.75, 3.05) is 9.80 Å². The van der Waals surface area contributed by atoms with Crippen LogP contribution in [0.15, 0.2) is 261 Å². The quantitative estimate of drug-likeness (QED) is 0.134. The van der Waals surface area contributed by atoms with E-state index in [4.69, 9.17) is 0 Å². The minimum absolute atomic E-state index is 1.08. The van der Waals surface area contributed by atoms with Crippen LogP contribution in [0.25, 0.3) is 71.3 Å². The third kappa shape index (κ3) is 6.87. The van der Waals surface area contributed by atoms with Crippen molar-refractivity contribution in [2.45, 2.75) is 0 Å². The van der Waals surface area contributed by atoms with Gasteiger partial charge in [0.05, 0.1) is 22.4 Å². The molecule has 3 heteroatoms. The molecule has 12 rings (SSSR count). The number of nitrogens with zero attached hydrogens (tertiary/aromatic N) is 3. The average Bonchev–Trinajstić information content (AvgIpc) is 3.71. The van der Waals surface area contributed by atoms with Crippen LogP contribution in [0.3, 0.4) is 0 Å². The largest absolute Gasteiger partial charge is 0.310 e. The van der Waals surface area contributed by atoms with Crippen molar-refractivity contribution in [1.82, 2.24) is 4.57 Å². The molecule has 306 valence electrons. The van der Waals surface area contributed by atoms with E-state index in [1.54, 1.807) is 0 Å². The lowest BCUT2D eigenvalue weighted by Crippen LogP contribution is -2.15. The van der Waals surface area contributed by atoms with Crippen LogP contribution < -0.4 is 9.80 Å². The maximum atomic E-state index is 2.42. The zero-order chi connectivity index (χ0) is 43.1. The fourth-order valence-corrected chi connectivity index (χ4v) is 9.68. The standard InChI is InChI=1S/C62H43N3/c1-5-20-51(21-6-1)63(52-22-7-2-8-23-52)59-30-17-31-60(64(53-24-9-3-10-25-53)55-38-36-48-40-46-18-13-14-19-47(46)41-50(48)42-55)62(59)45-34-32-44(33-35-45)49-37-39-57-56-28-15-16-29-58(56)65(61(57)43-49)54-26-11-4-12-27-54/h1-43H. The predicted octanol–water partition coefficient (Wildman–Crippen LogP) is 17.4. The molecule has 0 radical (unpaired) electrons. The van der Waals surface area contributed by atoms with E-state index in [1.165, 1.54) is 48.9 Å². The van der Waals surface area contributed by atoms with E-state index in [-0.39, 0.29) is 0 Å². The molecule has 0 saturated heterocycles. The van der Waals surface area contributed by atoms with Crippen molar-refractivity contribution in [3.05, 3.63) is 261 Å². The summed E-state index contributed by atoms with van der Waals surface area (Å²) in [5.41, 5.74) is 14.6. The van der Waals surface area contributed by atoms with Gasteiger partial charge in [0.15, 0.2) is 0 Å². The molecule has 3 nitrogen and oxygen atoms in total. The molecule has 0 aliphatic rings. The summed E-state index contributed by atoms with van der Waals surface area (Å²) in [6.07, 6.45) is 0. The Morgan fingerprint density at radius 2 is 0.738 bits per heavy atom. The second kappa shape index (κ2) is 16.2. The SMILES string of the molecule is c1ccc(N(c2ccccc2)c2cccc(N(c3ccccc3)c3ccc4cc5ccccc5cc4c3)c2-c2ccc(-c3ccc4c5ccccc5n(-c5ccccc5)c4c3)cc2)cc1. The van der Waals surface area contributed by atoms with Crippen molar-refractivity contribution in [1.29, 1.82) is 0 Å². The molecular formula is C62H43N3. The summed E-state index contributed by atoms with van der Waals surface area (Å²) >= 11 is 0. The normalized spacial score (nSPS) is 11.4. The Morgan fingerprint density at radius 3 is 1.37 bits per heavy atom. The Kier molecular flexibility index (Phi) is 9.50. The minimum atomic E-state index is 1.08. The zero-order valence-electron chi connectivity index (χ0n) is 35.7. The van der Waals surface area contributed by atoms with Crippen LogP contribution in [0, 0.1) is 0 Å². The topological polar surface area (TPSA) is 11.4 Å². The molecular weight excluding hydrogens is 787 g/mol. The summed E-state index contributed by atoms with van der Waals surface area (Å²) in [6.45, 7) is 0. The van der Waals surface area contributed by atoms with E-state index in [0.29, 0.717) is 0 Å². The van der Waals surface area contributed by atoms with Crippen molar-refractivity contribution >= 4 is 77.5 Å². The molecule has 0 aliphatic heterocycles. The van der Waals surface area contributed by atoms with Gasteiger partial charge in [0.1, 0.15) is 0 Å². The number of hydrogen-bond donors (Lipinski definition) is 0. The van der Waals surface area contributed by atoms with Crippen LogP contribution in [0.4, 0.5) is 34.1 Å². The maximum Gasteiger partial charge on any atom is 0.0561 e. The molecule has 0 N–H and O–H groups in total. The Balaban J connectivity index is 1.07. The van der Waals surface area contributed by atoms with E-state index in [9.17, 15) is 0 Å². The monoisotopic (exact) mass is 829 g/mol. The van der Waals surface area contributed by atoms with Crippen LogP contribution in [0.2, 0.25) is 0 Å². The first-order valence-corrected chi connectivity index (χ1v) is 22.3. The third-order valence-corrected chi connectivity index (χ3v) is 12.7. The highest BCUT2D eigenvalue weighted by atomic mass is 15.2. The highest BCUT2D eigenvalue weighted by Gasteiger charge is 2.25. The van der Waals surface area contributed by atoms with Gasteiger partial charge in [0, 0.05) is 44.8 Å². The fraction of sp³-hybridized carbons (Fsp3) is 0. The molecule has 0 saturated carbocycles. The van der Waals surface area contributed by atoms with Crippen molar-refractivity contribution in [2.24, 2.45) is 0 Å². The fourth-order valence-electron chi connectivity index (χ4n) is 9.68. The molecule has 0 bridgehead atoms. The number of hydrogen-bond acceptors (Lipinski definition) is 2. The van der Waals surface area contributed by atoms with E-state index in [2.05, 4.69) is 275 Å². The smallest absolute Gasteiger partial charge is 0.0561 e. The van der Waals surface area contributed by atoms with Gasteiger partial charge in [-0.05, 0) is 135 Å². The molecule has 12 aromatic rings. The van der Waals surface area contributed by atoms with Crippen molar-refractivity contribution in [3.8, 4) is 27.9 Å². The molecule has 0 aliphatic carbocycles. The lowest BCUT2D eigenvalue weighted by Gasteiger charge is -2.33. The summed E-state index contributed by atoms with van der Waals surface area (Å²) in [4.78, 5) is 4.81. The second-order valence-electron chi connectivity index (χ2n) is 16.6. The Hall–Kier alpha value is -8.66. The van der Waals surface area contributed by atoms with Gasteiger partial charge in [0.2, 0.25) is 0 Å². The molecule has 11 aromatic carbocycles. The van der Waals surface area contributed by atoms with Gasteiger partial charge >= 0.3 is 0 Å². The van der Waals surface area contributed by atoms with Crippen LogP contribution in [0.1, 0.15) is 0 Å². The van der Waals surface area contributed by atoms with E-state index >= 15 is 0 Å². The lowest BCUT2D eigenvalue weighted by molar-refractivity contribution is 1.18. The number of benzene rings is 11. The Morgan fingerprint density at radius 1 is 0.262 bits per heavy atom. The average molecular weight is 830 g/mol. The van der Waals surface area contributed by atoms with Crippen molar-refractivity contribution < 1.29 is 0 Å². The number of anilines is 6. The lowest BCUT2D eigenvalue weighted by atomic mass is 9.95. The number of para-hydroxylation sites is 5. The van der Waals surface area contributed by atoms with Gasteiger partial charge in [-0.2, -0.15) is 0 Å². The Bertz CT molecular complexity index is 3600. The molecule has 0 amide bonds. The number of fused-ring (bicyclic) bond motifs is 5. The molecule has 0 unspecified atom stereocenters. The van der Waals surface area contributed by atoms with Gasteiger partial charge in [-0.1, -0.05) is 164 Å². The molecule has 1 aromatic heterocycles. The summed E-state index contributed by atoms with van der Waals surface area (Å²) < 4.78 is 2.39. The molecule has 1 heterocycles. The zero-order valence-corrected chi connectivity index (χ0v) is 35.7. The van der Waals surface area contributed by atoms with Crippen molar-refractivity contribution in [3.63, 3.8) is 0 Å². The number of aromatic nitrogens is 1. The third-order valence-electron chi connectivity index (χ3n) is 12.7. The van der Waals surface area contributed by atoms with Crippen LogP contribution >= 0.6 is 0 Å². The van der Waals surface area contributed by atoms with E-state index in [1.807, 2.05) is 0 Å². The highest BCUT2D eigenvalue weighted by Crippen LogP contribution is 2.49. The first-order valence-electron chi connectivity index (χ1n) is 22.3. The molecule has 0 fully saturated rings. The second-order valence-corrected chi connectivity index (χ2v) is 16.6. The molecule has 0 atom stereocenters. The summed E-state index contributed by atoms with van der Waals surface area (Å²) in [5, 5.41) is 7.38. The predicted molar refractivity (Wildman–Crippen MR) is 276 cm³/mol. The summed E-state index contributed by atoms with van der Waals surface area (Å²) in [5.74, 6) is 0. The van der Waals surface area contributed by atoms with E-state index < -0.39 is 0 Å². The minimum Gasteiger partial charge on any atom is -0.310 e. The molecule has 0 spiro atoms. The summed E-state index contributed by atoms with van der Waals surface area (Å²) in [7, 11) is 0. The molecule has 65 heavy (non-hydrogen) atoms. The highest BCUT2D eigenvalue weighted by molar-refractivity contribution is 6.10. The van der Waals surface area contributed by atoms with E-state index in [0.717, 1.165) is 56.5 Å².